The Kier molecular flexibility index (Phi) is 6.49. The first-order valence-electron chi connectivity index (χ1n) is 10.5. The average Bonchev–Trinajstić information content (AvgIpc) is 3.21. The molecule has 3 aromatic carbocycles. The maximum atomic E-state index is 13.3. The third-order valence-corrected chi connectivity index (χ3v) is 5.21. The molecule has 34 heavy (non-hydrogen) atoms. The van der Waals surface area contributed by atoms with Crippen molar-refractivity contribution in [3.05, 3.63) is 83.4 Å². The highest BCUT2D eigenvalue weighted by molar-refractivity contribution is 6.09. The first-order valence-corrected chi connectivity index (χ1v) is 10.5. The van der Waals surface area contributed by atoms with E-state index in [1.807, 2.05) is 0 Å². The molecule has 4 rings (SSSR count). The molecule has 0 atom stereocenters. The van der Waals surface area contributed by atoms with Gasteiger partial charge in [-0.1, -0.05) is 18.2 Å². The largest absolute Gasteiger partial charge is 0.497 e. The lowest BCUT2D eigenvalue weighted by Crippen LogP contribution is -2.10. The molecular formula is C26H21F3O5. The van der Waals surface area contributed by atoms with E-state index in [9.17, 15) is 18.0 Å². The van der Waals surface area contributed by atoms with Gasteiger partial charge in [0.15, 0.2) is 0 Å². The van der Waals surface area contributed by atoms with Crippen LogP contribution >= 0.6 is 0 Å². The zero-order valence-corrected chi connectivity index (χ0v) is 18.4. The molecule has 0 aliphatic rings. The first-order chi connectivity index (χ1) is 16.3. The van der Waals surface area contributed by atoms with E-state index in [-0.39, 0.29) is 30.1 Å². The zero-order valence-electron chi connectivity index (χ0n) is 18.4. The second-order valence-corrected chi connectivity index (χ2v) is 7.36. The van der Waals surface area contributed by atoms with Gasteiger partial charge in [-0.2, -0.15) is 13.2 Å². The van der Waals surface area contributed by atoms with E-state index < -0.39 is 17.7 Å². The van der Waals surface area contributed by atoms with Crippen LogP contribution in [-0.4, -0.2) is 19.7 Å². The smallest absolute Gasteiger partial charge is 0.416 e. The molecule has 176 valence electrons. The number of ether oxygens (including phenoxy) is 3. The van der Waals surface area contributed by atoms with Crippen molar-refractivity contribution in [3.8, 4) is 22.8 Å². The highest BCUT2D eigenvalue weighted by Crippen LogP contribution is 2.37. The molecule has 0 N–H and O–H groups in total. The predicted octanol–water partition coefficient (Wildman–Crippen LogP) is 6.88. The number of methoxy groups -OCH3 is 1. The number of fused-ring (bicyclic) bond motifs is 1. The van der Waals surface area contributed by atoms with E-state index in [1.165, 1.54) is 18.2 Å². The Balaban J connectivity index is 1.71. The van der Waals surface area contributed by atoms with Gasteiger partial charge in [-0.05, 0) is 55.5 Å². The number of benzene rings is 3. The summed E-state index contributed by atoms with van der Waals surface area (Å²) < 4.78 is 61.9. The molecule has 0 aliphatic heterocycles. The molecule has 0 saturated carbocycles. The summed E-state index contributed by atoms with van der Waals surface area (Å²) in [7, 11) is 1.55. The molecule has 5 nitrogen and oxygen atoms in total. The number of rotatable bonds is 7. The van der Waals surface area contributed by atoms with Crippen molar-refractivity contribution in [2.24, 2.45) is 0 Å². The molecule has 1 aromatic heterocycles. The number of hydrogen-bond donors (Lipinski definition) is 0. The molecular weight excluding hydrogens is 449 g/mol. The quantitative estimate of drug-likeness (QED) is 0.276. The van der Waals surface area contributed by atoms with E-state index in [1.54, 1.807) is 56.5 Å². The summed E-state index contributed by atoms with van der Waals surface area (Å²) in [6.07, 6.45) is -4.49. The summed E-state index contributed by atoms with van der Waals surface area (Å²) in [5, 5.41) is 0.436. The minimum atomic E-state index is -4.49. The van der Waals surface area contributed by atoms with Crippen molar-refractivity contribution >= 4 is 16.9 Å². The molecule has 0 saturated heterocycles. The second kappa shape index (κ2) is 9.51. The fourth-order valence-corrected chi connectivity index (χ4v) is 3.60. The summed E-state index contributed by atoms with van der Waals surface area (Å²) in [4.78, 5) is 12.8. The maximum absolute atomic E-state index is 13.3. The Morgan fingerprint density at radius 3 is 2.35 bits per heavy atom. The molecule has 0 fully saturated rings. The van der Waals surface area contributed by atoms with Gasteiger partial charge in [-0.3, -0.25) is 0 Å². The summed E-state index contributed by atoms with van der Waals surface area (Å²) in [5.74, 6) is 0.673. The molecule has 4 aromatic rings. The average molecular weight is 470 g/mol. The normalized spacial score (nSPS) is 11.4. The molecule has 1 heterocycles. The first kappa shape index (κ1) is 23.2. The van der Waals surface area contributed by atoms with Gasteiger partial charge in [0.25, 0.3) is 0 Å². The van der Waals surface area contributed by atoms with Crippen LogP contribution in [-0.2, 0) is 17.5 Å². The molecule has 0 aliphatic carbocycles. The van der Waals surface area contributed by atoms with Crippen molar-refractivity contribution in [1.29, 1.82) is 0 Å². The maximum Gasteiger partial charge on any atom is 0.416 e. The number of hydrogen-bond acceptors (Lipinski definition) is 5. The van der Waals surface area contributed by atoms with Crippen molar-refractivity contribution in [1.82, 2.24) is 0 Å². The van der Waals surface area contributed by atoms with Gasteiger partial charge >= 0.3 is 12.1 Å². The summed E-state index contributed by atoms with van der Waals surface area (Å²) in [6, 6.07) is 17.0. The zero-order chi connectivity index (χ0) is 24.3. The minimum Gasteiger partial charge on any atom is -0.497 e. The van der Waals surface area contributed by atoms with Gasteiger partial charge in [-0.25, -0.2) is 4.79 Å². The van der Waals surface area contributed by atoms with Crippen molar-refractivity contribution in [3.63, 3.8) is 0 Å². The Morgan fingerprint density at radius 2 is 1.68 bits per heavy atom. The van der Waals surface area contributed by atoms with Gasteiger partial charge in [0.05, 0.1) is 19.3 Å². The fraction of sp³-hybridized carbons (Fsp3) is 0.192. The van der Waals surface area contributed by atoms with Gasteiger partial charge in [0, 0.05) is 16.5 Å². The van der Waals surface area contributed by atoms with Crippen LogP contribution in [0.4, 0.5) is 13.2 Å². The van der Waals surface area contributed by atoms with Crippen LogP contribution in [0.25, 0.3) is 22.3 Å². The Hall–Kier alpha value is -3.94. The van der Waals surface area contributed by atoms with Crippen molar-refractivity contribution in [2.75, 3.05) is 13.7 Å². The van der Waals surface area contributed by atoms with Crippen LogP contribution in [0.3, 0.4) is 0 Å². The lowest BCUT2D eigenvalue weighted by Gasteiger charge is -2.13. The third kappa shape index (κ3) is 4.71. The van der Waals surface area contributed by atoms with Crippen molar-refractivity contribution in [2.45, 2.75) is 19.7 Å². The predicted molar refractivity (Wildman–Crippen MR) is 120 cm³/mol. The Labute approximate surface area is 193 Å². The molecule has 8 heteroatoms. The summed E-state index contributed by atoms with van der Waals surface area (Å²) in [5.41, 5.74) is 0.516. The topological polar surface area (TPSA) is 57.9 Å². The van der Waals surface area contributed by atoms with Crippen LogP contribution in [0.15, 0.2) is 71.1 Å². The highest BCUT2D eigenvalue weighted by Gasteiger charge is 2.33. The monoisotopic (exact) mass is 470 g/mol. The van der Waals surface area contributed by atoms with Crippen LogP contribution in [0.5, 0.6) is 11.5 Å². The Bertz CT molecular complexity index is 1310. The van der Waals surface area contributed by atoms with E-state index >= 15 is 0 Å². The summed E-state index contributed by atoms with van der Waals surface area (Å²) >= 11 is 0. The number of carbonyl (C=O) groups excluding carboxylic acids is 1. The summed E-state index contributed by atoms with van der Waals surface area (Å²) in [6.45, 7) is 1.57. The van der Waals surface area contributed by atoms with E-state index in [0.717, 1.165) is 6.07 Å². The van der Waals surface area contributed by atoms with Crippen LogP contribution in [0.1, 0.15) is 28.4 Å². The van der Waals surface area contributed by atoms with E-state index in [0.29, 0.717) is 28.0 Å². The Morgan fingerprint density at radius 1 is 0.971 bits per heavy atom. The molecule has 0 bridgehead atoms. The number of alkyl halides is 3. The number of furan rings is 1. The van der Waals surface area contributed by atoms with Gasteiger partial charge in [0.2, 0.25) is 0 Å². The van der Waals surface area contributed by atoms with Crippen LogP contribution < -0.4 is 9.47 Å². The van der Waals surface area contributed by atoms with E-state index in [4.69, 9.17) is 18.6 Å². The molecule has 0 spiro atoms. The lowest BCUT2D eigenvalue weighted by atomic mass is 10.1. The van der Waals surface area contributed by atoms with Crippen LogP contribution in [0, 0.1) is 0 Å². The van der Waals surface area contributed by atoms with Crippen LogP contribution in [0.2, 0.25) is 0 Å². The number of esters is 1. The van der Waals surface area contributed by atoms with Crippen molar-refractivity contribution < 1.29 is 36.6 Å². The highest BCUT2D eigenvalue weighted by atomic mass is 19.4. The van der Waals surface area contributed by atoms with Gasteiger partial charge in [0.1, 0.15) is 35.0 Å². The lowest BCUT2D eigenvalue weighted by molar-refractivity contribution is -0.138. The van der Waals surface area contributed by atoms with Gasteiger partial charge < -0.3 is 18.6 Å². The van der Waals surface area contributed by atoms with Gasteiger partial charge in [-0.15, -0.1) is 0 Å². The SMILES string of the molecule is CCOC(=O)c1c(-c2ccc(OC)cc2)oc2ccc(OCc3ccccc3C(F)(F)F)cc12. The standard InChI is InChI=1S/C26H21F3O5/c1-3-32-25(30)23-20-14-19(33-15-17-6-4-5-7-21(17)26(27,28)29)12-13-22(20)34-24(23)16-8-10-18(31-2)11-9-16/h4-14H,3,15H2,1-2H3. The third-order valence-electron chi connectivity index (χ3n) is 5.21. The second-order valence-electron chi connectivity index (χ2n) is 7.36. The molecule has 0 radical (unpaired) electrons. The molecule has 0 amide bonds. The number of carbonyl (C=O) groups is 1. The minimum absolute atomic E-state index is 0.00632. The fourth-order valence-electron chi connectivity index (χ4n) is 3.60. The van der Waals surface area contributed by atoms with E-state index in [2.05, 4.69) is 0 Å². The molecule has 0 unspecified atom stereocenters. The number of halogens is 3.